The van der Waals surface area contributed by atoms with E-state index in [1.807, 2.05) is 18.2 Å². The van der Waals surface area contributed by atoms with Crippen molar-refractivity contribution < 1.29 is 9.79 Å². The van der Waals surface area contributed by atoms with Gasteiger partial charge in [0.2, 0.25) is 0 Å². The van der Waals surface area contributed by atoms with Crippen molar-refractivity contribution in [1.29, 1.82) is 0 Å². The van der Waals surface area contributed by atoms with Crippen LogP contribution in [0.1, 0.15) is 164 Å². The topological polar surface area (TPSA) is 46.1 Å². The third kappa shape index (κ3) is 26.5. The average Bonchev–Trinajstić information content (AvgIpc) is 3.04. The number of hydrogen-bond acceptors (Lipinski definition) is 2. The molecule has 5 heteroatoms. The van der Waals surface area contributed by atoms with Crippen LogP contribution in [-0.4, -0.2) is 49.3 Å². The van der Waals surface area contributed by atoms with Gasteiger partial charge in [0.15, 0.2) is 0 Å². The van der Waals surface area contributed by atoms with Crippen molar-refractivity contribution in [3.05, 3.63) is 35.9 Å². The fraction of sp³-hybridized carbons (Fsp3) is 0.846. The first-order chi connectivity index (χ1) is 21.3. The summed E-state index contributed by atoms with van der Waals surface area (Å²) in [5.74, 6) is 0. The predicted octanol–water partition coefficient (Wildman–Crippen LogP) is 12.6. The average molecular weight is 673 g/mol. The van der Waals surface area contributed by atoms with Crippen LogP contribution in [0.15, 0.2) is 30.3 Å². The Kier molecular flexibility index (Phi) is 35.3. The summed E-state index contributed by atoms with van der Waals surface area (Å²) in [5.41, 5.74) is 0.846. The minimum atomic E-state index is -2.28. The second kappa shape index (κ2) is 33.3. The van der Waals surface area contributed by atoms with Gasteiger partial charge in [-0.2, -0.15) is 0 Å². The predicted molar refractivity (Wildman–Crippen MR) is 209 cm³/mol. The van der Waals surface area contributed by atoms with Gasteiger partial charge in [0.05, 0.1) is 49.3 Å². The molecule has 0 aliphatic rings. The van der Waals surface area contributed by atoms with E-state index in [1.54, 1.807) is 61.4 Å². The Labute approximate surface area is 281 Å². The maximum absolute atomic E-state index is 10.2. The summed E-state index contributed by atoms with van der Waals surface area (Å²) in [6.07, 6.45) is 36.0. The van der Waals surface area contributed by atoms with Crippen LogP contribution in [0, 0.1) is 0 Å². The van der Waals surface area contributed by atoms with E-state index < -0.39 is 22.9 Å². The lowest BCUT2D eigenvalue weighted by Crippen LogP contribution is -2.12. The molecular formula is C39H79O2P3. The molecule has 1 rings (SSSR count). The fourth-order valence-corrected chi connectivity index (χ4v) is 17.1. The maximum Gasteiger partial charge on any atom is 0.0594 e. The Bertz CT molecular complexity index is 572. The lowest BCUT2D eigenvalue weighted by Gasteiger charge is -2.30. The van der Waals surface area contributed by atoms with Crippen LogP contribution in [0.3, 0.4) is 0 Å². The highest BCUT2D eigenvalue weighted by Gasteiger charge is 2.35. The van der Waals surface area contributed by atoms with Crippen LogP contribution < -0.4 is 9.79 Å². The van der Waals surface area contributed by atoms with Crippen molar-refractivity contribution in [2.75, 3.05) is 49.3 Å². The fourth-order valence-electron chi connectivity index (χ4n) is 6.02. The Balaban J connectivity index is 0. The molecule has 0 aliphatic heterocycles. The summed E-state index contributed by atoms with van der Waals surface area (Å²) in [4.78, 5) is 20.4. The highest BCUT2D eigenvalue weighted by Crippen LogP contribution is 2.62. The van der Waals surface area contributed by atoms with E-state index in [2.05, 4.69) is 55.4 Å². The standard InChI is InChI=1S/2C16H36P.C7H7O2P/c2*1-5-9-13-17(14-10-6-2,15-11-7-3)16-12-8-4;8-10(9)6-7-4-2-1-3-5-7/h2*5-16H2,1-4H3;1-5H,6H2/q2*+1;-2. The molecule has 0 amide bonds. The molecule has 1 aromatic carbocycles. The van der Waals surface area contributed by atoms with E-state index in [0.717, 1.165) is 5.56 Å². The minimum Gasteiger partial charge on any atom is -0.841 e. The van der Waals surface area contributed by atoms with Gasteiger partial charge in [-0.25, -0.2) is 0 Å². The van der Waals surface area contributed by atoms with Gasteiger partial charge >= 0.3 is 0 Å². The zero-order chi connectivity index (χ0) is 33.4. The molecule has 0 spiro atoms. The Morgan fingerprint density at radius 2 is 0.636 bits per heavy atom. The summed E-state index contributed by atoms with van der Waals surface area (Å²) in [6, 6.07) is 9.11. The molecular weight excluding hydrogens is 593 g/mol. The molecule has 44 heavy (non-hydrogen) atoms. The van der Waals surface area contributed by atoms with E-state index >= 15 is 0 Å². The Hall–Kier alpha value is 0.430. The molecule has 1 aromatic rings. The summed E-state index contributed by atoms with van der Waals surface area (Å²) >= 11 is 0. The third-order valence-corrected chi connectivity index (χ3v) is 19.8. The first-order valence-electron chi connectivity index (χ1n) is 19.1. The number of rotatable bonds is 26. The summed E-state index contributed by atoms with van der Waals surface area (Å²) in [7, 11) is -3.40. The second-order valence-electron chi connectivity index (χ2n) is 13.3. The molecule has 0 bridgehead atoms. The lowest BCUT2D eigenvalue weighted by molar-refractivity contribution is -0.292. The van der Waals surface area contributed by atoms with E-state index in [9.17, 15) is 9.79 Å². The Morgan fingerprint density at radius 3 is 0.818 bits per heavy atom. The quantitative estimate of drug-likeness (QED) is 0.0920. The van der Waals surface area contributed by atoms with Crippen molar-refractivity contribution in [3.8, 4) is 0 Å². The first kappa shape index (κ1) is 46.5. The molecule has 0 unspecified atom stereocenters. The smallest absolute Gasteiger partial charge is 0.0594 e. The molecule has 0 fully saturated rings. The van der Waals surface area contributed by atoms with Gasteiger partial charge in [0, 0.05) is 14.5 Å². The normalized spacial score (nSPS) is 11.6. The van der Waals surface area contributed by atoms with Crippen molar-refractivity contribution in [1.82, 2.24) is 0 Å². The SMILES string of the molecule is CCCC[P+](CCCC)(CCCC)CCCC.CCCC[P+](CCCC)(CCCC)CCCC.[O-]P([O-])Cc1ccccc1. The van der Waals surface area contributed by atoms with Gasteiger partial charge in [0.25, 0.3) is 0 Å². The van der Waals surface area contributed by atoms with Crippen LogP contribution in [0.5, 0.6) is 0 Å². The highest BCUT2D eigenvalue weighted by molar-refractivity contribution is 7.76. The van der Waals surface area contributed by atoms with Crippen LogP contribution in [0.4, 0.5) is 0 Å². The monoisotopic (exact) mass is 673 g/mol. The molecule has 0 saturated heterocycles. The van der Waals surface area contributed by atoms with Crippen molar-refractivity contribution in [3.63, 3.8) is 0 Å². The summed E-state index contributed by atoms with van der Waals surface area (Å²) < 4.78 is 0. The van der Waals surface area contributed by atoms with Gasteiger partial charge in [-0.15, -0.1) is 0 Å². The summed E-state index contributed by atoms with van der Waals surface area (Å²) in [5, 5.41) is 0. The van der Waals surface area contributed by atoms with Gasteiger partial charge in [-0.05, 0) is 63.1 Å². The second-order valence-corrected chi connectivity index (χ2v) is 23.2. The lowest BCUT2D eigenvalue weighted by atomic mass is 10.2. The van der Waals surface area contributed by atoms with Crippen LogP contribution in [-0.2, 0) is 6.16 Å². The minimum absolute atomic E-state index is 0.149. The van der Waals surface area contributed by atoms with E-state index in [1.165, 1.54) is 103 Å². The van der Waals surface area contributed by atoms with Crippen molar-refractivity contribution in [2.24, 2.45) is 0 Å². The molecule has 262 valence electrons. The highest BCUT2D eigenvalue weighted by atomic mass is 31.2. The third-order valence-electron chi connectivity index (χ3n) is 9.04. The number of hydrogen-bond donors (Lipinski definition) is 0. The number of benzene rings is 1. The van der Waals surface area contributed by atoms with Crippen molar-refractivity contribution >= 4 is 22.9 Å². The number of unbranched alkanes of at least 4 members (excludes halogenated alkanes) is 8. The van der Waals surface area contributed by atoms with Crippen LogP contribution >= 0.6 is 22.9 Å². The first-order valence-corrected chi connectivity index (χ1v) is 25.6. The van der Waals surface area contributed by atoms with Crippen LogP contribution in [0.2, 0.25) is 0 Å². The van der Waals surface area contributed by atoms with E-state index in [-0.39, 0.29) is 6.16 Å². The molecule has 2 nitrogen and oxygen atoms in total. The molecule has 0 aliphatic carbocycles. The van der Waals surface area contributed by atoms with Gasteiger partial charge < -0.3 is 18.2 Å². The zero-order valence-electron chi connectivity index (χ0n) is 31.2. The molecule has 0 aromatic heterocycles. The molecule has 0 saturated carbocycles. The maximum atomic E-state index is 10.2. The molecule has 0 radical (unpaired) electrons. The van der Waals surface area contributed by atoms with E-state index in [4.69, 9.17) is 0 Å². The van der Waals surface area contributed by atoms with Crippen LogP contribution in [0.25, 0.3) is 0 Å². The van der Waals surface area contributed by atoms with Gasteiger partial charge in [-0.3, -0.25) is 0 Å². The molecule has 0 N–H and O–H groups in total. The summed E-state index contributed by atoms with van der Waals surface area (Å²) in [6.45, 7) is 18.8. The van der Waals surface area contributed by atoms with E-state index in [0.29, 0.717) is 0 Å². The van der Waals surface area contributed by atoms with Gasteiger partial charge in [-0.1, -0.05) is 137 Å². The largest absolute Gasteiger partial charge is 0.841 e. The Morgan fingerprint density at radius 1 is 0.409 bits per heavy atom. The van der Waals surface area contributed by atoms with Crippen molar-refractivity contribution in [2.45, 2.75) is 164 Å². The zero-order valence-corrected chi connectivity index (χ0v) is 33.9. The molecule has 0 atom stereocenters. The molecule has 0 heterocycles. The van der Waals surface area contributed by atoms with Gasteiger partial charge in [0.1, 0.15) is 0 Å².